The zero-order valence-corrected chi connectivity index (χ0v) is 10.8. The van der Waals surface area contributed by atoms with Crippen LogP contribution in [0.25, 0.3) is 5.78 Å². The average Bonchev–Trinajstić information content (AvgIpc) is 3.11. The van der Waals surface area contributed by atoms with E-state index in [2.05, 4.69) is 20.4 Å². The summed E-state index contributed by atoms with van der Waals surface area (Å²) in [4.78, 5) is 19.8. The lowest BCUT2D eigenvalue weighted by molar-refractivity contribution is -0.117. The Labute approximate surface area is 107 Å². The number of aromatic nitrogens is 4. The van der Waals surface area contributed by atoms with Gasteiger partial charge < -0.3 is 5.32 Å². The predicted molar refractivity (Wildman–Crippen MR) is 70.3 cm³/mol. The number of carbonyl (C=O) groups is 1. The summed E-state index contributed by atoms with van der Waals surface area (Å²) in [5.74, 6) is 1.29. The maximum absolute atomic E-state index is 11.6. The Balaban J connectivity index is 0.000000576. The van der Waals surface area contributed by atoms with Gasteiger partial charge >= 0.3 is 0 Å². The van der Waals surface area contributed by atoms with Gasteiger partial charge in [-0.25, -0.2) is 4.52 Å². The highest BCUT2D eigenvalue weighted by atomic mass is 16.2. The Morgan fingerprint density at radius 2 is 2.22 bits per heavy atom. The van der Waals surface area contributed by atoms with Crippen molar-refractivity contribution < 1.29 is 6.22 Å². The summed E-state index contributed by atoms with van der Waals surface area (Å²) in [6.07, 6.45) is 3.41. The van der Waals surface area contributed by atoms with Crippen molar-refractivity contribution in [2.45, 2.75) is 33.6 Å². The van der Waals surface area contributed by atoms with Crippen molar-refractivity contribution >= 4 is 17.5 Å². The molecule has 2 heterocycles. The predicted octanol–water partition coefficient (Wildman–Crippen LogP) is 2.05. The first-order chi connectivity index (χ1) is 8.74. The molecule has 1 N–H and O–H groups in total. The number of hydrogen-bond acceptors (Lipinski definition) is 4. The van der Waals surface area contributed by atoms with Gasteiger partial charge in [0.1, 0.15) is 12.1 Å². The molecule has 2 aromatic heterocycles. The molecule has 0 unspecified atom stereocenters. The summed E-state index contributed by atoms with van der Waals surface area (Å²) in [6.45, 7) is 5.90. The highest BCUT2D eigenvalue weighted by molar-refractivity contribution is 5.93. The van der Waals surface area contributed by atoms with E-state index in [1.54, 1.807) is 10.6 Å². The third-order valence-electron chi connectivity index (χ3n) is 2.63. The first-order valence-corrected chi connectivity index (χ1v) is 6.22. The number of nitrogens with zero attached hydrogens (tertiary/aromatic N) is 4. The molecular formula is C12H19N5O. The molecule has 1 amide bonds. The van der Waals surface area contributed by atoms with Crippen LogP contribution in [0.2, 0.25) is 0 Å². The molecule has 1 aliphatic carbocycles. The number of hydrogen-bond donors (Lipinski definition) is 1. The summed E-state index contributed by atoms with van der Waals surface area (Å²) in [5.41, 5.74) is 0.897. The molecule has 2 aromatic rings. The van der Waals surface area contributed by atoms with Crippen molar-refractivity contribution in [3.05, 3.63) is 18.1 Å². The Morgan fingerprint density at radius 1 is 1.50 bits per heavy atom. The van der Waals surface area contributed by atoms with E-state index >= 15 is 0 Å². The van der Waals surface area contributed by atoms with E-state index in [0.29, 0.717) is 11.6 Å². The molecule has 18 heavy (non-hydrogen) atoms. The fourth-order valence-electron chi connectivity index (χ4n) is 1.60. The molecule has 98 valence electrons. The maximum atomic E-state index is 11.6. The second-order valence-electron chi connectivity index (χ2n) is 4.02. The van der Waals surface area contributed by atoms with Gasteiger partial charge in [-0.15, -0.1) is 0 Å². The summed E-state index contributed by atoms with van der Waals surface area (Å²) in [7, 11) is 0. The van der Waals surface area contributed by atoms with Crippen LogP contribution in [-0.4, -0.2) is 25.5 Å². The zero-order valence-electron chi connectivity index (χ0n) is 10.8. The summed E-state index contributed by atoms with van der Waals surface area (Å²) in [5, 5.41) is 6.81. The Bertz CT molecular complexity index is 564. The SMILES string of the molecule is CC.Cc1cc(NC(=O)C2CC2)nc2ncnn12.[HH]. The Hall–Kier alpha value is -1.98. The van der Waals surface area contributed by atoms with Crippen molar-refractivity contribution in [3.63, 3.8) is 0 Å². The molecular weight excluding hydrogens is 230 g/mol. The van der Waals surface area contributed by atoms with E-state index in [4.69, 9.17) is 0 Å². The van der Waals surface area contributed by atoms with E-state index in [0.717, 1.165) is 18.5 Å². The third-order valence-corrected chi connectivity index (χ3v) is 2.63. The summed E-state index contributed by atoms with van der Waals surface area (Å²) >= 11 is 0. The number of anilines is 1. The monoisotopic (exact) mass is 249 g/mol. The van der Waals surface area contributed by atoms with Crippen LogP contribution in [0, 0.1) is 12.8 Å². The van der Waals surface area contributed by atoms with E-state index in [1.807, 2.05) is 20.8 Å². The van der Waals surface area contributed by atoms with Gasteiger partial charge in [0.15, 0.2) is 0 Å². The van der Waals surface area contributed by atoms with Crippen LogP contribution < -0.4 is 5.32 Å². The minimum atomic E-state index is 0. The molecule has 0 radical (unpaired) electrons. The number of carbonyl (C=O) groups excluding carboxylic acids is 1. The molecule has 6 heteroatoms. The molecule has 6 nitrogen and oxygen atoms in total. The van der Waals surface area contributed by atoms with Crippen LogP contribution in [-0.2, 0) is 4.79 Å². The lowest BCUT2D eigenvalue weighted by atomic mass is 10.3. The van der Waals surface area contributed by atoms with Crippen LogP contribution in [0.15, 0.2) is 12.4 Å². The molecule has 3 rings (SSSR count). The van der Waals surface area contributed by atoms with Gasteiger partial charge in [0, 0.05) is 19.1 Å². The molecule has 0 atom stereocenters. The first-order valence-electron chi connectivity index (χ1n) is 6.22. The molecule has 1 saturated carbocycles. The summed E-state index contributed by atoms with van der Waals surface area (Å²) in [6, 6.07) is 1.79. The minimum Gasteiger partial charge on any atom is -0.310 e. The Morgan fingerprint density at radius 3 is 2.89 bits per heavy atom. The first kappa shape index (κ1) is 12.5. The average molecular weight is 249 g/mol. The second kappa shape index (κ2) is 5.12. The highest BCUT2D eigenvalue weighted by Gasteiger charge is 2.29. The molecule has 1 fully saturated rings. The zero-order chi connectivity index (χ0) is 13.1. The highest BCUT2D eigenvalue weighted by Crippen LogP contribution is 2.29. The van der Waals surface area contributed by atoms with E-state index in [1.165, 1.54) is 6.33 Å². The topological polar surface area (TPSA) is 72.2 Å². The van der Waals surface area contributed by atoms with Crippen LogP contribution in [0.4, 0.5) is 5.82 Å². The second-order valence-corrected chi connectivity index (χ2v) is 4.02. The number of amides is 1. The van der Waals surface area contributed by atoms with Crippen LogP contribution in [0.3, 0.4) is 0 Å². The number of nitrogens with one attached hydrogen (secondary N) is 1. The molecule has 0 saturated heterocycles. The van der Waals surface area contributed by atoms with Crippen molar-refractivity contribution in [3.8, 4) is 0 Å². The van der Waals surface area contributed by atoms with Gasteiger partial charge in [-0.2, -0.15) is 15.1 Å². The normalized spacial score (nSPS) is 13.9. The van der Waals surface area contributed by atoms with E-state index in [9.17, 15) is 4.79 Å². The number of aryl methyl sites for hydroxylation is 1. The largest absolute Gasteiger partial charge is 0.310 e. The fraction of sp³-hybridized carbons (Fsp3) is 0.500. The van der Waals surface area contributed by atoms with Gasteiger partial charge in [-0.05, 0) is 19.8 Å². The van der Waals surface area contributed by atoms with Crippen molar-refractivity contribution in [2.24, 2.45) is 5.92 Å². The van der Waals surface area contributed by atoms with E-state index < -0.39 is 0 Å². The van der Waals surface area contributed by atoms with Crippen molar-refractivity contribution in [2.75, 3.05) is 5.32 Å². The smallest absolute Gasteiger partial charge is 0.254 e. The standard InChI is InChI=1S/C10H11N5O.C2H6.H2/c1-6-4-8(13-9(16)7-2-3-7)14-10-11-5-12-15(6)10;1-2;/h4-5,7H,2-3H2,1H3,(H,11,12,13,14,16);1-2H3;1H. The van der Waals surface area contributed by atoms with Crippen LogP contribution in [0.1, 0.15) is 33.8 Å². The summed E-state index contributed by atoms with van der Waals surface area (Å²) < 4.78 is 1.63. The van der Waals surface area contributed by atoms with Crippen molar-refractivity contribution in [1.29, 1.82) is 0 Å². The van der Waals surface area contributed by atoms with Gasteiger partial charge in [-0.3, -0.25) is 4.79 Å². The molecule has 0 bridgehead atoms. The van der Waals surface area contributed by atoms with Crippen LogP contribution in [0.5, 0.6) is 0 Å². The fourth-order valence-corrected chi connectivity index (χ4v) is 1.60. The van der Waals surface area contributed by atoms with E-state index in [-0.39, 0.29) is 13.3 Å². The number of fused-ring (bicyclic) bond motifs is 1. The van der Waals surface area contributed by atoms with Gasteiger partial charge in [0.2, 0.25) is 5.91 Å². The quantitative estimate of drug-likeness (QED) is 0.884. The van der Waals surface area contributed by atoms with Gasteiger partial charge in [-0.1, -0.05) is 13.8 Å². The molecule has 0 aromatic carbocycles. The Kier molecular flexibility index (Phi) is 3.55. The molecule has 1 aliphatic rings. The lowest BCUT2D eigenvalue weighted by Crippen LogP contribution is -2.15. The number of rotatable bonds is 2. The maximum Gasteiger partial charge on any atom is 0.254 e. The van der Waals surface area contributed by atoms with Gasteiger partial charge in [0.05, 0.1) is 0 Å². The van der Waals surface area contributed by atoms with Crippen LogP contribution >= 0.6 is 0 Å². The van der Waals surface area contributed by atoms with Crippen molar-refractivity contribution in [1.82, 2.24) is 19.6 Å². The van der Waals surface area contributed by atoms with Gasteiger partial charge in [0.25, 0.3) is 5.78 Å². The lowest BCUT2D eigenvalue weighted by Gasteiger charge is -2.04. The molecule has 0 spiro atoms. The minimum absolute atomic E-state index is 0. The molecule has 0 aliphatic heterocycles. The third kappa shape index (κ3) is 2.47.